The standard InChI is InChI=1S/C14H26O2.K.H/c1-2-3-4-5-6-7-8-9-10-11-12-13-14(15)16;;/h5-6H,2-4,7-13H2,1H3,(H,15,16);;/q;+1;-1. The van der Waals surface area contributed by atoms with Gasteiger partial charge in [-0.1, -0.05) is 51.2 Å². The van der Waals surface area contributed by atoms with Crippen LogP contribution >= 0.6 is 0 Å². The second-order valence-corrected chi connectivity index (χ2v) is 4.31. The second kappa shape index (κ2) is 16.8. The van der Waals surface area contributed by atoms with Crippen molar-refractivity contribution < 1.29 is 62.7 Å². The van der Waals surface area contributed by atoms with E-state index >= 15 is 0 Å². The third kappa shape index (κ3) is 19.4. The van der Waals surface area contributed by atoms with Crippen molar-refractivity contribution in [2.45, 2.75) is 71.1 Å². The first kappa shape index (κ1) is 20.2. The molecular weight excluding hydrogens is 239 g/mol. The zero-order chi connectivity index (χ0) is 12.1. The molecule has 17 heavy (non-hydrogen) atoms. The average molecular weight is 266 g/mol. The maximum Gasteiger partial charge on any atom is 1.00 e. The third-order valence-corrected chi connectivity index (χ3v) is 2.65. The summed E-state index contributed by atoms with van der Waals surface area (Å²) in [6.07, 6.45) is 15.4. The Hall–Kier alpha value is 0.846. The Morgan fingerprint density at radius 3 is 2.12 bits per heavy atom. The molecule has 3 heteroatoms. The molecule has 0 aromatic carbocycles. The molecule has 0 bridgehead atoms. The molecule has 0 rings (SSSR count). The largest absolute Gasteiger partial charge is 1.00 e. The maximum absolute atomic E-state index is 10.3. The van der Waals surface area contributed by atoms with Gasteiger partial charge in [-0.2, -0.15) is 0 Å². The topological polar surface area (TPSA) is 37.3 Å². The van der Waals surface area contributed by atoms with E-state index in [4.69, 9.17) is 5.11 Å². The van der Waals surface area contributed by atoms with Crippen LogP contribution in [0.15, 0.2) is 12.2 Å². The number of hydrogen-bond acceptors (Lipinski definition) is 1. The molecule has 0 aliphatic rings. The molecule has 0 amide bonds. The monoisotopic (exact) mass is 266 g/mol. The van der Waals surface area contributed by atoms with Gasteiger partial charge in [-0.15, -0.1) is 0 Å². The van der Waals surface area contributed by atoms with Gasteiger partial charge in [0.2, 0.25) is 0 Å². The van der Waals surface area contributed by atoms with E-state index < -0.39 is 5.97 Å². The average Bonchev–Trinajstić information content (AvgIpc) is 2.25. The van der Waals surface area contributed by atoms with Crippen molar-refractivity contribution in [2.75, 3.05) is 0 Å². The van der Waals surface area contributed by atoms with Crippen LogP contribution < -0.4 is 51.4 Å². The molecule has 2 nitrogen and oxygen atoms in total. The first-order valence-electron chi connectivity index (χ1n) is 6.64. The van der Waals surface area contributed by atoms with E-state index in [1.807, 2.05) is 0 Å². The summed E-state index contributed by atoms with van der Waals surface area (Å²) in [6, 6.07) is 0. The molecule has 0 atom stereocenters. The molecule has 96 valence electrons. The number of aliphatic carboxylic acids is 1. The zero-order valence-corrected chi connectivity index (χ0v) is 14.7. The Bertz CT molecular complexity index is 196. The molecule has 0 unspecified atom stereocenters. The molecule has 0 heterocycles. The zero-order valence-electron chi connectivity index (χ0n) is 12.6. The van der Waals surface area contributed by atoms with Gasteiger partial charge in [0.25, 0.3) is 0 Å². The molecule has 0 aromatic heterocycles. The number of carboxylic acid groups (broad SMARTS) is 1. The minimum Gasteiger partial charge on any atom is -1.00 e. The summed E-state index contributed by atoms with van der Waals surface area (Å²) >= 11 is 0. The van der Waals surface area contributed by atoms with Gasteiger partial charge < -0.3 is 6.53 Å². The van der Waals surface area contributed by atoms with Crippen LogP contribution in [-0.4, -0.2) is 11.1 Å². The number of carbonyl (C=O) groups is 1. The first-order chi connectivity index (χ1) is 7.77. The van der Waals surface area contributed by atoms with Crippen LogP contribution in [-0.2, 0) is 4.79 Å². The molecule has 0 aliphatic carbocycles. The van der Waals surface area contributed by atoms with Gasteiger partial charge in [0.15, 0.2) is 0 Å². The molecule has 0 aromatic rings. The minimum absolute atomic E-state index is 0. The smallest absolute Gasteiger partial charge is 1.00 e. The number of hydrogen-bond donors (Lipinski definition) is 1. The fraction of sp³-hybridized carbons (Fsp3) is 0.786. The number of carboxylic acids is 1. The van der Waals surface area contributed by atoms with Crippen molar-refractivity contribution in [1.82, 2.24) is 0 Å². The van der Waals surface area contributed by atoms with Crippen LogP contribution in [0.3, 0.4) is 0 Å². The van der Waals surface area contributed by atoms with Gasteiger partial charge in [0, 0.05) is 6.42 Å². The summed E-state index contributed by atoms with van der Waals surface area (Å²) < 4.78 is 0. The molecule has 0 saturated heterocycles. The Labute approximate surface area is 150 Å². The molecule has 0 radical (unpaired) electrons. The predicted molar refractivity (Wildman–Crippen MR) is 69.7 cm³/mol. The van der Waals surface area contributed by atoms with Crippen molar-refractivity contribution in [2.24, 2.45) is 0 Å². The van der Waals surface area contributed by atoms with Gasteiger partial charge in [-0.05, 0) is 25.7 Å². The van der Waals surface area contributed by atoms with Crippen LogP contribution in [0.25, 0.3) is 0 Å². The fourth-order valence-corrected chi connectivity index (χ4v) is 1.63. The molecule has 0 fully saturated rings. The summed E-state index contributed by atoms with van der Waals surface area (Å²) in [6.45, 7) is 2.21. The summed E-state index contributed by atoms with van der Waals surface area (Å²) in [5, 5.41) is 8.45. The number of allylic oxidation sites excluding steroid dienone is 2. The number of unbranched alkanes of at least 4 members (excludes halogenated alkanes) is 7. The van der Waals surface area contributed by atoms with E-state index in [2.05, 4.69) is 19.1 Å². The van der Waals surface area contributed by atoms with E-state index in [0.717, 1.165) is 12.8 Å². The van der Waals surface area contributed by atoms with E-state index in [1.165, 1.54) is 44.9 Å². The Morgan fingerprint density at radius 1 is 1.00 bits per heavy atom. The van der Waals surface area contributed by atoms with Crippen LogP contribution in [0.4, 0.5) is 0 Å². The van der Waals surface area contributed by atoms with Gasteiger partial charge >= 0.3 is 57.4 Å². The van der Waals surface area contributed by atoms with Crippen LogP contribution in [0, 0.1) is 0 Å². The Morgan fingerprint density at radius 2 is 1.53 bits per heavy atom. The van der Waals surface area contributed by atoms with Crippen molar-refractivity contribution in [3.8, 4) is 0 Å². The normalized spacial score (nSPS) is 10.4. The summed E-state index contributed by atoms with van der Waals surface area (Å²) in [7, 11) is 0. The van der Waals surface area contributed by atoms with Gasteiger partial charge in [-0.3, -0.25) is 4.79 Å². The number of rotatable bonds is 11. The van der Waals surface area contributed by atoms with Crippen LogP contribution in [0.1, 0.15) is 72.6 Å². The second-order valence-electron chi connectivity index (χ2n) is 4.31. The van der Waals surface area contributed by atoms with Crippen molar-refractivity contribution in [3.63, 3.8) is 0 Å². The summed E-state index contributed by atoms with van der Waals surface area (Å²) in [4.78, 5) is 10.3. The van der Waals surface area contributed by atoms with Crippen molar-refractivity contribution in [3.05, 3.63) is 12.2 Å². The molecular formula is C14H27KO2. The van der Waals surface area contributed by atoms with E-state index in [-0.39, 0.29) is 52.8 Å². The predicted octanol–water partition coefficient (Wildman–Crippen LogP) is 1.66. The van der Waals surface area contributed by atoms with Crippen LogP contribution in [0.5, 0.6) is 0 Å². The van der Waals surface area contributed by atoms with Crippen LogP contribution in [0.2, 0.25) is 0 Å². The van der Waals surface area contributed by atoms with Crippen molar-refractivity contribution >= 4 is 5.97 Å². The van der Waals surface area contributed by atoms with E-state index in [1.54, 1.807) is 0 Å². The molecule has 1 N–H and O–H groups in total. The third-order valence-electron chi connectivity index (χ3n) is 2.65. The Kier molecular flexibility index (Phi) is 20.0. The molecule has 0 spiro atoms. The summed E-state index contributed by atoms with van der Waals surface area (Å²) in [5.41, 5.74) is 0. The van der Waals surface area contributed by atoms with E-state index in [0.29, 0.717) is 6.42 Å². The van der Waals surface area contributed by atoms with Gasteiger partial charge in [0.1, 0.15) is 0 Å². The maximum atomic E-state index is 10.3. The summed E-state index contributed by atoms with van der Waals surface area (Å²) in [5.74, 6) is -0.668. The fourth-order valence-electron chi connectivity index (χ4n) is 1.63. The SMILES string of the molecule is CCCCC=CCCCCCCCC(=O)O.[H-].[K+]. The first-order valence-corrected chi connectivity index (χ1v) is 6.64. The Balaban J connectivity index is -0.00000112. The van der Waals surface area contributed by atoms with Crippen molar-refractivity contribution in [1.29, 1.82) is 0 Å². The molecule has 0 saturated carbocycles. The van der Waals surface area contributed by atoms with Gasteiger partial charge in [0.05, 0.1) is 0 Å². The minimum atomic E-state index is -0.668. The molecule has 0 aliphatic heterocycles. The van der Waals surface area contributed by atoms with E-state index in [9.17, 15) is 4.79 Å². The quantitative estimate of drug-likeness (QED) is 0.351. The van der Waals surface area contributed by atoms with Gasteiger partial charge in [-0.25, -0.2) is 0 Å².